The molecule has 1 aromatic heterocycles. The van der Waals surface area contributed by atoms with Crippen LogP contribution >= 0.6 is 0 Å². The van der Waals surface area contributed by atoms with Gasteiger partial charge in [-0.3, -0.25) is 4.79 Å². The molecular weight excluding hydrogens is 351 g/mol. The summed E-state index contributed by atoms with van der Waals surface area (Å²) in [5.41, 5.74) is -2.00. The van der Waals surface area contributed by atoms with E-state index in [0.717, 1.165) is 36.7 Å². The SMILES string of the molecule is O=C(O)c1cn(C2(C(F)F)CC2)c(=O)cc1NC1CCN(C2CC2)CC1.[Li]. The van der Waals surface area contributed by atoms with Gasteiger partial charge in [-0.2, -0.15) is 0 Å². The molecule has 3 aliphatic rings. The largest absolute Gasteiger partial charge is 0.478 e. The topological polar surface area (TPSA) is 74.6 Å². The van der Waals surface area contributed by atoms with E-state index in [2.05, 4.69) is 10.2 Å². The number of carboxylic acids is 1. The van der Waals surface area contributed by atoms with Gasteiger partial charge in [-0.25, -0.2) is 13.6 Å². The Kier molecular flexibility index (Phi) is 5.71. The zero-order valence-corrected chi connectivity index (χ0v) is 15.5. The number of carbonyl (C=O) groups is 1. The quantitative estimate of drug-likeness (QED) is 0.745. The van der Waals surface area contributed by atoms with Crippen molar-refractivity contribution < 1.29 is 18.7 Å². The van der Waals surface area contributed by atoms with Gasteiger partial charge in [-0.05, 0) is 38.5 Å². The maximum atomic E-state index is 13.3. The Labute approximate surface area is 168 Å². The molecule has 1 saturated heterocycles. The summed E-state index contributed by atoms with van der Waals surface area (Å²) in [4.78, 5) is 26.5. The molecule has 3 fully saturated rings. The fourth-order valence-corrected chi connectivity index (χ4v) is 3.93. The summed E-state index contributed by atoms with van der Waals surface area (Å²) >= 11 is 0. The Balaban J connectivity index is 0.00000210. The van der Waals surface area contributed by atoms with Crippen LogP contribution in [0.5, 0.6) is 0 Å². The number of pyridine rings is 1. The summed E-state index contributed by atoms with van der Waals surface area (Å²) in [6.07, 6.45) is 3.04. The number of alkyl halides is 2. The van der Waals surface area contributed by atoms with Gasteiger partial charge in [0, 0.05) is 56.3 Å². The smallest absolute Gasteiger partial charge is 0.339 e. The van der Waals surface area contributed by atoms with Gasteiger partial charge in [0.25, 0.3) is 12.0 Å². The second-order valence-electron chi connectivity index (χ2n) is 7.70. The Morgan fingerprint density at radius 2 is 1.85 bits per heavy atom. The molecule has 0 spiro atoms. The molecule has 2 aliphatic carbocycles. The van der Waals surface area contributed by atoms with Crippen molar-refractivity contribution in [2.75, 3.05) is 18.4 Å². The average Bonchev–Trinajstić information content (AvgIpc) is 3.48. The molecule has 4 rings (SSSR count). The van der Waals surface area contributed by atoms with E-state index in [9.17, 15) is 23.5 Å². The molecule has 0 atom stereocenters. The summed E-state index contributed by atoms with van der Waals surface area (Å²) in [6.45, 7) is 1.91. The molecule has 0 bridgehead atoms. The molecule has 2 saturated carbocycles. The van der Waals surface area contributed by atoms with Gasteiger partial charge in [0.05, 0.1) is 11.3 Å². The van der Waals surface area contributed by atoms with Crippen LogP contribution in [-0.2, 0) is 5.54 Å². The number of anilines is 1. The Morgan fingerprint density at radius 3 is 2.33 bits per heavy atom. The van der Waals surface area contributed by atoms with Crippen molar-refractivity contribution in [2.45, 2.75) is 62.6 Å². The minimum absolute atomic E-state index is 0. The molecule has 1 aromatic rings. The maximum Gasteiger partial charge on any atom is 0.339 e. The number of halogens is 2. The monoisotopic (exact) mass is 374 g/mol. The predicted molar refractivity (Wildman–Crippen MR) is 97.9 cm³/mol. The summed E-state index contributed by atoms with van der Waals surface area (Å²) < 4.78 is 27.6. The zero-order valence-electron chi connectivity index (χ0n) is 15.5. The van der Waals surface area contributed by atoms with Crippen LogP contribution in [0.2, 0.25) is 0 Å². The van der Waals surface area contributed by atoms with Gasteiger partial charge in [-0.15, -0.1) is 0 Å². The number of hydrogen-bond acceptors (Lipinski definition) is 4. The molecule has 1 radical (unpaired) electrons. The van der Waals surface area contributed by atoms with E-state index in [0.29, 0.717) is 6.04 Å². The van der Waals surface area contributed by atoms with Gasteiger partial charge in [0.1, 0.15) is 5.54 Å². The van der Waals surface area contributed by atoms with Crippen LogP contribution in [0, 0.1) is 0 Å². The van der Waals surface area contributed by atoms with Crippen LogP contribution in [0.25, 0.3) is 0 Å². The fraction of sp³-hybridized carbons (Fsp3) is 0.667. The molecule has 0 aromatic carbocycles. The normalized spacial score (nSPS) is 22.3. The minimum atomic E-state index is -2.69. The van der Waals surface area contributed by atoms with E-state index in [-0.39, 0.29) is 49.0 Å². The van der Waals surface area contributed by atoms with Crippen LogP contribution in [-0.4, -0.2) is 71.0 Å². The summed E-state index contributed by atoms with van der Waals surface area (Å²) in [5.74, 6) is -1.22. The Bertz CT molecular complexity index is 770. The number of hydrogen-bond donors (Lipinski definition) is 2. The van der Waals surface area contributed by atoms with E-state index in [1.165, 1.54) is 18.9 Å². The standard InChI is InChI=1S/C18H23F2N3O3.Li/c19-17(20)18(5-6-18)23-10-13(16(25)26)14(9-15(23)24)21-11-3-7-22(8-4-11)12-1-2-12;/h9-12,17,21H,1-8H2,(H,25,26);. The third kappa shape index (κ3) is 3.94. The first-order valence-corrected chi connectivity index (χ1v) is 9.20. The number of aromatic nitrogens is 1. The first kappa shape index (κ1) is 20.4. The number of piperidine rings is 1. The first-order chi connectivity index (χ1) is 12.4. The molecule has 27 heavy (non-hydrogen) atoms. The fourth-order valence-electron chi connectivity index (χ4n) is 3.93. The summed E-state index contributed by atoms with van der Waals surface area (Å²) in [5, 5.41) is 12.7. The van der Waals surface area contributed by atoms with E-state index in [1.807, 2.05) is 0 Å². The molecular formula is C18H23F2LiN3O3. The molecule has 0 unspecified atom stereocenters. The number of aromatic carboxylic acids is 1. The van der Waals surface area contributed by atoms with Crippen molar-refractivity contribution in [2.24, 2.45) is 0 Å². The predicted octanol–water partition coefficient (Wildman–Crippen LogP) is 1.96. The van der Waals surface area contributed by atoms with Gasteiger partial charge < -0.3 is 19.9 Å². The molecule has 2 heterocycles. The van der Waals surface area contributed by atoms with Crippen molar-refractivity contribution in [3.8, 4) is 0 Å². The summed E-state index contributed by atoms with van der Waals surface area (Å²) in [7, 11) is 0. The number of rotatable bonds is 6. The number of likely N-dealkylation sites (tertiary alicyclic amines) is 1. The molecule has 6 nitrogen and oxygen atoms in total. The number of carboxylic acid groups (broad SMARTS) is 1. The van der Waals surface area contributed by atoms with Crippen molar-refractivity contribution >= 4 is 30.5 Å². The van der Waals surface area contributed by atoms with Gasteiger partial charge in [-0.1, -0.05) is 0 Å². The van der Waals surface area contributed by atoms with Crippen molar-refractivity contribution in [1.29, 1.82) is 0 Å². The third-order valence-corrected chi connectivity index (χ3v) is 5.88. The Hall–Kier alpha value is -1.36. The van der Waals surface area contributed by atoms with E-state index >= 15 is 0 Å². The van der Waals surface area contributed by atoms with Crippen LogP contribution in [0.15, 0.2) is 17.1 Å². The van der Waals surface area contributed by atoms with E-state index in [4.69, 9.17) is 0 Å². The maximum absolute atomic E-state index is 13.3. The van der Waals surface area contributed by atoms with E-state index in [1.54, 1.807) is 0 Å². The number of nitrogens with zero attached hydrogens (tertiary/aromatic N) is 2. The van der Waals surface area contributed by atoms with Gasteiger partial charge >= 0.3 is 5.97 Å². The molecule has 143 valence electrons. The van der Waals surface area contributed by atoms with E-state index < -0.39 is 23.5 Å². The zero-order chi connectivity index (χ0) is 18.5. The van der Waals surface area contributed by atoms with Crippen LogP contribution in [0.1, 0.15) is 48.9 Å². The molecule has 1 aliphatic heterocycles. The van der Waals surface area contributed by atoms with Crippen LogP contribution < -0.4 is 10.9 Å². The second-order valence-corrected chi connectivity index (χ2v) is 7.70. The molecule has 0 amide bonds. The number of nitrogens with one attached hydrogen (secondary N) is 1. The second kappa shape index (κ2) is 7.57. The summed E-state index contributed by atoms with van der Waals surface area (Å²) in [6, 6.07) is 1.96. The van der Waals surface area contributed by atoms with Crippen LogP contribution in [0.3, 0.4) is 0 Å². The van der Waals surface area contributed by atoms with Crippen molar-refractivity contribution in [3.63, 3.8) is 0 Å². The van der Waals surface area contributed by atoms with Gasteiger partial charge in [0.2, 0.25) is 0 Å². The molecule has 2 N–H and O–H groups in total. The van der Waals surface area contributed by atoms with Crippen LogP contribution in [0.4, 0.5) is 14.5 Å². The third-order valence-electron chi connectivity index (χ3n) is 5.88. The minimum Gasteiger partial charge on any atom is -0.478 e. The van der Waals surface area contributed by atoms with Crippen molar-refractivity contribution in [1.82, 2.24) is 9.47 Å². The molecule has 9 heteroatoms. The Morgan fingerprint density at radius 1 is 1.22 bits per heavy atom. The first-order valence-electron chi connectivity index (χ1n) is 9.20. The average molecular weight is 374 g/mol. The van der Waals surface area contributed by atoms with Crippen molar-refractivity contribution in [3.05, 3.63) is 28.2 Å². The van der Waals surface area contributed by atoms with Gasteiger partial charge in [0.15, 0.2) is 0 Å².